The fraction of sp³-hybridized carbons (Fsp3) is 0.174. The number of benzene rings is 2. The van der Waals surface area contributed by atoms with Crippen LogP contribution >= 0.6 is 11.6 Å². The van der Waals surface area contributed by atoms with Gasteiger partial charge in [-0.3, -0.25) is 24.5 Å². The summed E-state index contributed by atoms with van der Waals surface area (Å²) in [6.07, 6.45) is 1.45. The van der Waals surface area contributed by atoms with Gasteiger partial charge in [-0.25, -0.2) is 4.79 Å². The number of rotatable bonds is 8. The summed E-state index contributed by atoms with van der Waals surface area (Å²) in [4.78, 5) is 41.7. The van der Waals surface area contributed by atoms with Crippen LogP contribution in [-0.2, 0) is 9.63 Å². The Kier molecular flexibility index (Phi) is 7.37. The van der Waals surface area contributed by atoms with Gasteiger partial charge in [0.2, 0.25) is 5.91 Å². The first-order chi connectivity index (χ1) is 15.7. The minimum atomic E-state index is -1.07. The molecule has 0 spiro atoms. The van der Waals surface area contributed by atoms with Crippen molar-refractivity contribution in [1.82, 2.24) is 4.57 Å². The summed E-state index contributed by atoms with van der Waals surface area (Å²) in [5, 5.41) is 12.1. The summed E-state index contributed by atoms with van der Waals surface area (Å²) in [5.41, 5.74) is 4.44. The van der Waals surface area contributed by atoms with Gasteiger partial charge in [0, 0.05) is 27.9 Å². The van der Waals surface area contributed by atoms with Gasteiger partial charge in [-0.05, 0) is 49.4 Å². The van der Waals surface area contributed by atoms with E-state index < -0.39 is 23.5 Å². The zero-order chi connectivity index (χ0) is 24.1. The lowest BCUT2D eigenvalue weighted by molar-refractivity contribution is -0.118. The lowest BCUT2D eigenvalue weighted by Gasteiger charge is -2.19. The molecule has 1 unspecified atom stereocenters. The number of anilines is 2. The summed E-state index contributed by atoms with van der Waals surface area (Å²) in [6, 6.07) is 11.2. The maximum atomic E-state index is 12.9. The maximum Gasteiger partial charge on any atom is 0.335 e. The first-order valence-electron chi connectivity index (χ1n) is 9.78. The number of carboxylic acid groups (broad SMARTS) is 1. The highest BCUT2D eigenvalue weighted by Gasteiger charge is 2.20. The third kappa shape index (κ3) is 5.33. The largest absolute Gasteiger partial charge is 0.495 e. The van der Waals surface area contributed by atoms with E-state index in [1.165, 1.54) is 55.3 Å². The SMILES string of the molecule is CONc1ccc(Cl)cc1-c1cc(=O)n(C(C)C(=O)Nc2ccc(C(=O)O)cc2)cc1OC. The van der Waals surface area contributed by atoms with Gasteiger partial charge < -0.3 is 15.2 Å². The highest BCUT2D eigenvalue weighted by molar-refractivity contribution is 6.31. The van der Waals surface area contributed by atoms with Crippen LogP contribution in [-0.4, -0.2) is 35.8 Å². The molecule has 0 aliphatic heterocycles. The number of hydrogen-bond acceptors (Lipinski definition) is 6. The van der Waals surface area contributed by atoms with Crippen LogP contribution in [0, 0.1) is 0 Å². The quantitative estimate of drug-likeness (QED) is 0.424. The lowest BCUT2D eigenvalue weighted by Crippen LogP contribution is -2.31. The Morgan fingerprint density at radius 2 is 1.76 bits per heavy atom. The van der Waals surface area contributed by atoms with E-state index in [-0.39, 0.29) is 5.56 Å². The molecule has 0 saturated carbocycles. The molecule has 0 aliphatic carbocycles. The third-order valence-corrected chi connectivity index (χ3v) is 5.18. The number of carbonyl (C=O) groups excluding carboxylic acids is 1. The molecule has 0 bridgehead atoms. The molecule has 1 amide bonds. The average molecular weight is 472 g/mol. The predicted octanol–water partition coefficient (Wildman–Crippen LogP) is 4.05. The van der Waals surface area contributed by atoms with E-state index in [4.69, 9.17) is 26.3 Å². The second kappa shape index (κ2) is 10.2. The lowest BCUT2D eigenvalue weighted by atomic mass is 10.0. The van der Waals surface area contributed by atoms with Crippen molar-refractivity contribution in [2.24, 2.45) is 0 Å². The van der Waals surface area contributed by atoms with E-state index in [2.05, 4.69) is 10.8 Å². The zero-order valence-electron chi connectivity index (χ0n) is 18.1. The van der Waals surface area contributed by atoms with Crippen LogP contribution in [0.15, 0.2) is 59.5 Å². The molecule has 2 aromatic carbocycles. The van der Waals surface area contributed by atoms with Crippen LogP contribution in [0.2, 0.25) is 5.02 Å². The summed E-state index contributed by atoms with van der Waals surface area (Å²) >= 11 is 6.15. The number of nitrogens with one attached hydrogen (secondary N) is 2. The molecule has 3 rings (SSSR count). The Balaban J connectivity index is 1.93. The minimum absolute atomic E-state index is 0.0981. The Morgan fingerprint density at radius 1 is 1.06 bits per heavy atom. The molecule has 3 aromatic rings. The molecule has 1 aromatic heterocycles. The smallest absolute Gasteiger partial charge is 0.335 e. The van der Waals surface area contributed by atoms with E-state index in [1.54, 1.807) is 25.1 Å². The standard InChI is InChI=1S/C23H22ClN3O6/c1-13(22(29)25-16-7-4-14(5-8-16)23(30)31)27-12-20(32-2)18(11-21(27)28)17-10-15(24)6-9-19(17)26-33-3/h4-13,26H,1-3H3,(H,25,29)(H,30,31). The third-order valence-electron chi connectivity index (χ3n) is 4.94. The molecule has 0 saturated heterocycles. The fourth-order valence-electron chi connectivity index (χ4n) is 3.21. The number of amides is 1. The van der Waals surface area contributed by atoms with Crippen molar-refractivity contribution in [1.29, 1.82) is 0 Å². The van der Waals surface area contributed by atoms with Crippen molar-refractivity contribution in [3.63, 3.8) is 0 Å². The Bertz CT molecular complexity index is 1240. The van der Waals surface area contributed by atoms with Gasteiger partial charge in [-0.2, -0.15) is 0 Å². The van der Waals surface area contributed by atoms with E-state index in [9.17, 15) is 14.4 Å². The van der Waals surface area contributed by atoms with Gasteiger partial charge >= 0.3 is 5.97 Å². The number of methoxy groups -OCH3 is 1. The van der Waals surface area contributed by atoms with Gasteiger partial charge in [0.15, 0.2) is 0 Å². The van der Waals surface area contributed by atoms with Gasteiger partial charge in [0.1, 0.15) is 11.8 Å². The highest BCUT2D eigenvalue weighted by atomic mass is 35.5. The Hall–Kier alpha value is -3.82. The number of halogens is 1. The molecule has 33 heavy (non-hydrogen) atoms. The zero-order valence-corrected chi connectivity index (χ0v) is 18.8. The molecule has 9 nitrogen and oxygen atoms in total. The van der Waals surface area contributed by atoms with E-state index >= 15 is 0 Å². The predicted molar refractivity (Wildman–Crippen MR) is 125 cm³/mol. The van der Waals surface area contributed by atoms with Gasteiger partial charge in [0.25, 0.3) is 5.56 Å². The minimum Gasteiger partial charge on any atom is -0.495 e. The Labute approximate surface area is 194 Å². The Morgan fingerprint density at radius 3 is 2.36 bits per heavy atom. The summed E-state index contributed by atoms with van der Waals surface area (Å²) < 4.78 is 6.74. The molecule has 3 N–H and O–H groups in total. The summed E-state index contributed by atoms with van der Waals surface area (Å²) in [5.74, 6) is -1.18. The maximum absolute atomic E-state index is 12.9. The molecule has 10 heteroatoms. The van der Waals surface area contributed by atoms with E-state index in [1.807, 2.05) is 0 Å². The van der Waals surface area contributed by atoms with Crippen molar-refractivity contribution < 1.29 is 24.3 Å². The summed E-state index contributed by atoms with van der Waals surface area (Å²) in [6.45, 7) is 1.57. The monoisotopic (exact) mass is 471 g/mol. The van der Waals surface area contributed by atoms with Crippen molar-refractivity contribution in [3.05, 3.63) is 75.7 Å². The fourth-order valence-corrected chi connectivity index (χ4v) is 3.38. The molecule has 1 heterocycles. The topological polar surface area (TPSA) is 119 Å². The second-order valence-electron chi connectivity index (χ2n) is 7.04. The van der Waals surface area contributed by atoms with E-state index in [0.717, 1.165) is 0 Å². The number of carboxylic acids is 1. The molecule has 0 radical (unpaired) electrons. The molecule has 172 valence electrons. The molecule has 1 atom stereocenters. The van der Waals surface area contributed by atoms with Crippen LogP contribution in [0.5, 0.6) is 5.75 Å². The number of aromatic nitrogens is 1. The molecule has 0 aliphatic rings. The molecular formula is C23H22ClN3O6. The molecular weight excluding hydrogens is 450 g/mol. The van der Waals surface area contributed by atoms with Crippen LogP contribution in [0.25, 0.3) is 11.1 Å². The van der Waals surface area contributed by atoms with Crippen LogP contribution in [0.1, 0.15) is 23.3 Å². The van der Waals surface area contributed by atoms with E-state index in [0.29, 0.717) is 33.3 Å². The number of aromatic carboxylic acids is 1. The van der Waals surface area contributed by atoms with Gasteiger partial charge in [0.05, 0.1) is 31.7 Å². The van der Waals surface area contributed by atoms with Gasteiger partial charge in [-0.15, -0.1) is 0 Å². The van der Waals surface area contributed by atoms with Crippen LogP contribution in [0.4, 0.5) is 11.4 Å². The van der Waals surface area contributed by atoms with Crippen molar-refractivity contribution in [3.8, 4) is 16.9 Å². The number of nitrogens with zero attached hydrogens (tertiary/aromatic N) is 1. The van der Waals surface area contributed by atoms with Crippen molar-refractivity contribution >= 4 is 34.9 Å². The van der Waals surface area contributed by atoms with Crippen molar-refractivity contribution in [2.75, 3.05) is 25.0 Å². The highest BCUT2D eigenvalue weighted by Crippen LogP contribution is 2.36. The number of ether oxygens (including phenoxy) is 1. The first-order valence-corrected chi connectivity index (χ1v) is 10.2. The molecule has 0 fully saturated rings. The normalized spacial score (nSPS) is 11.5. The van der Waals surface area contributed by atoms with Crippen molar-refractivity contribution in [2.45, 2.75) is 13.0 Å². The number of pyridine rings is 1. The van der Waals surface area contributed by atoms with Crippen LogP contribution < -0.4 is 21.1 Å². The van der Waals surface area contributed by atoms with Crippen LogP contribution in [0.3, 0.4) is 0 Å². The average Bonchev–Trinajstić information content (AvgIpc) is 2.80. The second-order valence-corrected chi connectivity index (χ2v) is 7.48. The van der Waals surface area contributed by atoms with Gasteiger partial charge in [-0.1, -0.05) is 11.6 Å². The summed E-state index contributed by atoms with van der Waals surface area (Å²) in [7, 11) is 2.92. The first kappa shape index (κ1) is 23.8. The number of carbonyl (C=O) groups is 2. The number of hydrogen-bond donors (Lipinski definition) is 3.